The van der Waals surface area contributed by atoms with Gasteiger partial charge >= 0.3 is 0 Å². The van der Waals surface area contributed by atoms with E-state index in [1.807, 2.05) is 29.2 Å². The molecular weight excluding hydrogens is 296 g/mol. The van der Waals surface area contributed by atoms with Gasteiger partial charge in [-0.2, -0.15) is 0 Å². The molecule has 23 heavy (non-hydrogen) atoms. The number of aromatic nitrogens is 1. The monoisotopic (exact) mass is 313 g/mol. The minimum absolute atomic E-state index is 0.108. The Bertz CT molecular complexity index is 760. The maximum atomic E-state index is 13.3. The summed E-state index contributed by atoms with van der Waals surface area (Å²) in [6, 6.07) is 12.1. The average Bonchev–Trinajstić information content (AvgIpc) is 2.99. The van der Waals surface area contributed by atoms with E-state index >= 15 is 0 Å². The predicted octanol–water partition coefficient (Wildman–Crippen LogP) is 3.67. The van der Waals surface area contributed by atoms with Crippen LogP contribution in [0.3, 0.4) is 0 Å². The maximum Gasteiger partial charge on any atom is 0.251 e. The second-order valence-electron chi connectivity index (χ2n) is 6.07. The fraction of sp³-hybridized carbons (Fsp3) is 0.333. The van der Waals surface area contributed by atoms with Crippen molar-refractivity contribution in [3.63, 3.8) is 0 Å². The molecule has 0 unspecified atom stereocenters. The van der Waals surface area contributed by atoms with Crippen LogP contribution in [-0.2, 0) is 6.54 Å². The summed E-state index contributed by atoms with van der Waals surface area (Å²) in [6.07, 6.45) is 1.52. The number of halogens is 2. The zero-order chi connectivity index (χ0) is 15.9. The number of benzene rings is 1. The van der Waals surface area contributed by atoms with Crippen molar-refractivity contribution in [2.45, 2.75) is 25.3 Å². The smallest absolute Gasteiger partial charge is 0.251 e. The third-order valence-electron chi connectivity index (χ3n) is 4.52. The Morgan fingerprint density at radius 1 is 1.04 bits per heavy atom. The van der Waals surface area contributed by atoms with Gasteiger partial charge in [0.15, 0.2) is 0 Å². The highest BCUT2D eigenvalue weighted by atomic mass is 19.3. The van der Waals surface area contributed by atoms with Crippen LogP contribution in [0.1, 0.15) is 29.5 Å². The molecule has 2 aliphatic rings. The van der Waals surface area contributed by atoms with E-state index in [2.05, 4.69) is 22.1 Å². The number of anilines is 1. The van der Waals surface area contributed by atoms with Gasteiger partial charge in [0.25, 0.3) is 5.92 Å². The largest absolute Gasteiger partial charge is 0.356 e. The van der Waals surface area contributed by atoms with Crippen LogP contribution in [0, 0.1) is 0 Å². The molecule has 0 radical (unpaired) electrons. The highest BCUT2D eigenvalue weighted by Crippen LogP contribution is 2.30. The van der Waals surface area contributed by atoms with Crippen LogP contribution in [0.25, 0.3) is 0 Å². The zero-order valence-corrected chi connectivity index (χ0v) is 12.7. The Kier molecular flexibility index (Phi) is 3.36. The highest BCUT2D eigenvalue weighted by molar-refractivity contribution is 6.15. The summed E-state index contributed by atoms with van der Waals surface area (Å²) in [4.78, 5) is 10.9. The molecule has 5 heteroatoms. The highest BCUT2D eigenvalue weighted by Gasteiger charge is 2.34. The lowest BCUT2D eigenvalue weighted by molar-refractivity contribution is -0.0221. The van der Waals surface area contributed by atoms with Gasteiger partial charge in [0.2, 0.25) is 0 Å². The lowest BCUT2D eigenvalue weighted by Crippen LogP contribution is -2.39. The van der Waals surface area contributed by atoms with Crippen LogP contribution in [0.2, 0.25) is 0 Å². The van der Waals surface area contributed by atoms with E-state index in [-0.39, 0.29) is 12.8 Å². The zero-order valence-electron chi connectivity index (χ0n) is 12.7. The fourth-order valence-corrected chi connectivity index (χ4v) is 3.19. The van der Waals surface area contributed by atoms with Crippen molar-refractivity contribution >= 4 is 11.5 Å². The molecule has 0 amide bonds. The Morgan fingerprint density at radius 2 is 1.83 bits per heavy atom. The number of hydrogen-bond donors (Lipinski definition) is 0. The molecule has 2 aliphatic heterocycles. The molecule has 0 aliphatic carbocycles. The summed E-state index contributed by atoms with van der Waals surface area (Å²) >= 11 is 0. The van der Waals surface area contributed by atoms with Gasteiger partial charge in [-0.25, -0.2) is 13.8 Å². The summed E-state index contributed by atoms with van der Waals surface area (Å²) in [5.74, 6) is -1.78. The van der Waals surface area contributed by atoms with Crippen LogP contribution in [0.4, 0.5) is 14.6 Å². The van der Waals surface area contributed by atoms with Gasteiger partial charge in [0.1, 0.15) is 5.82 Å². The molecule has 118 valence electrons. The van der Waals surface area contributed by atoms with Gasteiger partial charge in [-0.15, -0.1) is 0 Å². The molecule has 0 spiro atoms. The van der Waals surface area contributed by atoms with E-state index in [1.54, 1.807) is 6.20 Å². The molecule has 1 aromatic heterocycles. The number of fused-ring (bicyclic) bond motifs is 1. The van der Waals surface area contributed by atoms with Gasteiger partial charge in [-0.05, 0) is 17.7 Å². The predicted molar refractivity (Wildman–Crippen MR) is 86.4 cm³/mol. The first-order valence-electron chi connectivity index (χ1n) is 7.84. The van der Waals surface area contributed by atoms with Crippen LogP contribution < -0.4 is 4.90 Å². The van der Waals surface area contributed by atoms with Gasteiger partial charge in [-0.3, -0.25) is 4.99 Å². The van der Waals surface area contributed by atoms with E-state index in [1.165, 1.54) is 5.56 Å². The van der Waals surface area contributed by atoms with Gasteiger partial charge in [-0.1, -0.05) is 24.3 Å². The van der Waals surface area contributed by atoms with Crippen molar-refractivity contribution < 1.29 is 8.78 Å². The van der Waals surface area contributed by atoms with Gasteiger partial charge in [0, 0.05) is 43.3 Å². The molecule has 1 aromatic carbocycles. The molecule has 1 fully saturated rings. The van der Waals surface area contributed by atoms with Crippen LogP contribution in [-0.4, -0.2) is 29.7 Å². The van der Waals surface area contributed by atoms with E-state index in [4.69, 9.17) is 0 Å². The van der Waals surface area contributed by atoms with Gasteiger partial charge < -0.3 is 4.90 Å². The second-order valence-corrected chi connectivity index (χ2v) is 6.07. The van der Waals surface area contributed by atoms with E-state index in [0.717, 1.165) is 22.7 Å². The molecule has 0 saturated carbocycles. The van der Waals surface area contributed by atoms with Crippen LogP contribution in [0.5, 0.6) is 0 Å². The minimum Gasteiger partial charge on any atom is -0.356 e. The Hall–Kier alpha value is -2.30. The number of nitrogens with zero attached hydrogens (tertiary/aromatic N) is 3. The fourth-order valence-electron chi connectivity index (χ4n) is 3.19. The van der Waals surface area contributed by atoms with E-state index in [9.17, 15) is 8.78 Å². The number of hydrogen-bond acceptors (Lipinski definition) is 3. The van der Waals surface area contributed by atoms with Crippen molar-refractivity contribution in [1.82, 2.24) is 4.98 Å². The van der Waals surface area contributed by atoms with Crippen LogP contribution in [0.15, 0.2) is 47.6 Å². The third-order valence-corrected chi connectivity index (χ3v) is 4.52. The topological polar surface area (TPSA) is 28.5 Å². The number of alkyl halides is 2. The Labute approximate surface area is 133 Å². The molecule has 0 bridgehead atoms. The molecule has 0 N–H and O–H groups in total. The van der Waals surface area contributed by atoms with E-state index < -0.39 is 5.92 Å². The van der Waals surface area contributed by atoms with Crippen LogP contribution >= 0.6 is 0 Å². The summed E-state index contributed by atoms with van der Waals surface area (Å²) in [6.45, 7) is 1.37. The first kappa shape index (κ1) is 14.3. The summed E-state index contributed by atoms with van der Waals surface area (Å²) in [5.41, 5.74) is 4.33. The lowest BCUT2D eigenvalue weighted by atomic mass is 10.0. The second kappa shape index (κ2) is 5.41. The van der Waals surface area contributed by atoms with Crippen molar-refractivity contribution in [1.29, 1.82) is 0 Å². The average molecular weight is 313 g/mol. The van der Waals surface area contributed by atoms with E-state index in [0.29, 0.717) is 19.6 Å². The molecule has 0 atom stereocenters. The molecule has 3 heterocycles. The lowest BCUT2D eigenvalue weighted by Gasteiger charge is -2.32. The Morgan fingerprint density at radius 3 is 2.65 bits per heavy atom. The normalized spacial score (nSPS) is 19.4. The standard InChI is InChI=1S/C18H17F2N3/c19-18(20)6-9-23(10-7-18)16-11-13(5-8-21-16)17-15-4-2-1-3-14(15)12-22-17/h1-5,8,11H,6-7,9-10,12H2. The maximum absolute atomic E-state index is 13.3. The number of piperidine rings is 1. The third kappa shape index (κ3) is 2.71. The molecule has 2 aromatic rings. The summed E-state index contributed by atoms with van der Waals surface area (Å²) < 4.78 is 26.6. The molecular formula is C18H17F2N3. The summed E-state index contributed by atoms with van der Waals surface area (Å²) in [7, 11) is 0. The number of aliphatic imine (C=N–C) groups is 1. The summed E-state index contributed by atoms with van der Waals surface area (Å²) in [5, 5.41) is 0. The molecule has 1 saturated heterocycles. The molecule has 3 nitrogen and oxygen atoms in total. The number of pyridine rings is 1. The first-order chi connectivity index (χ1) is 11.1. The SMILES string of the molecule is FC1(F)CCN(c2cc(C3=NCc4ccccc43)ccn2)CC1. The van der Waals surface area contributed by atoms with Gasteiger partial charge in [0.05, 0.1) is 12.3 Å². The van der Waals surface area contributed by atoms with Crippen molar-refractivity contribution in [2.75, 3.05) is 18.0 Å². The first-order valence-corrected chi connectivity index (χ1v) is 7.84. The Balaban J connectivity index is 1.61. The van der Waals surface area contributed by atoms with Crippen molar-refractivity contribution in [3.05, 3.63) is 59.3 Å². The van der Waals surface area contributed by atoms with Crippen molar-refractivity contribution in [2.24, 2.45) is 4.99 Å². The quantitative estimate of drug-likeness (QED) is 0.846. The van der Waals surface area contributed by atoms with Crippen molar-refractivity contribution in [3.8, 4) is 0 Å². The minimum atomic E-state index is -2.54. The molecule has 4 rings (SSSR count). The number of rotatable bonds is 2.